The van der Waals surface area contributed by atoms with Crippen LogP contribution in [0.1, 0.15) is 60.7 Å². The van der Waals surface area contributed by atoms with Gasteiger partial charge in [-0.25, -0.2) is 9.59 Å². The highest BCUT2D eigenvalue weighted by molar-refractivity contribution is 5.95. The van der Waals surface area contributed by atoms with Crippen molar-refractivity contribution in [2.75, 3.05) is 13.2 Å². The second-order valence-corrected chi connectivity index (χ2v) is 5.39. The summed E-state index contributed by atoms with van der Waals surface area (Å²) < 4.78 is 10.3. The smallest absolute Gasteiger partial charge is 0.338 e. The predicted molar refractivity (Wildman–Crippen MR) is 81.4 cm³/mol. The summed E-state index contributed by atoms with van der Waals surface area (Å²) in [6.45, 7) is 6.96. The average molecular weight is 292 g/mol. The van der Waals surface area contributed by atoms with Crippen LogP contribution in [-0.4, -0.2) is 25.2 Å². The van der Waals surface area contributed by atoms with Gasteiger partial charge in [0.05, 0.1) is 24.3 Å². The number of benzene rings is 1. The van der Waals surface area contributed by atoms with Gasteiger partial charge in [-0.15, -0.1) is 0 Å². The van der Waals surface area contributed by atoms with Gasteiger partial charge in [0.1, 0.15) is 0 Å². The largest absolute Gasteiger partial charge is 0.462 e. The van der Waals surface area contributed by atoms with Crippen LogP contribution in [0.4, 0.5) is 0 Å². The van der Waals surface area contributed by atoms with Crippen molar-refractivity contribution in [3.05, 3.63) is 35.4 Å². The van der Waals surface area contributed by atoms with Crippen molar-refractivity contribution in [1.29, 1.82) is 0 Å². The maximum absolute atomic E-state index is 11.9. The Morgan fingerprint density at radius 1 is 1.05 bits per heavy atom. The van der Waals surface area contributed by atoms with E-state index in [1.165, 1.54) is 6.07 Å². The van der Waals surface area contributed by atoms with Gasteiger partial charge in [0.2, 0.25) is 0 Å². The Morgan fingerprint density at radius 2 is 1.62 bits per heavy atom. The minimum Gasteiger partial charge on any atom is -0.462 e. The number of esters is 2. The normalized spacial score (nSPS) is 10.5. The number of rotatable bonds is 8. The summed E-state index contributed by atoms with van der Waals surface area (Å²) >= 11 is 0. The molecule has 116 valence electrons. The zero-order chi connectivity index (χ0) is 15.7. The molecule has 0 atom stereocenters. The number of hydrogen-bond acceptors (Lipinski definition) is 4. The molecule has 0 N–H and O–H groups in total. The molecule has 4 heteroatoms. The molecule has 1 aromatic rings. The van der Waals surface area contributed by atoms with Crippen LogP contribution in [-0.2, 0) is 9.47 Å². The summed E-state index contributed by atoms with van der Waals surface area (Å²) in [4.78, 5) is 23.7. The first-order valence-corrected chi connectivity index (χ1v) is 7.49. The van der Waals surface area contributed by atoms with Gasteiger partial charge < -0.3 is 9.47 Å². The first kappa shape index (κ1) is 17.2. The van der Waals surface area contributed by atoms with Gasteiger partial charge >= 0.3 is 11.9 Å². The van der Waals surface area contributed by atoms with Crippen LogP contribution in [0.2, 0.25) is 0 Å². The first-order chi connectivity index (χ1) is 10.0. The zero-order valence-corrected chi connectivity index (χ0v) is 13.1. The third-order valence-corrected chi connectivity index (χ3v) is 2.99. The van der Waals surface area contributed by atoms with E-state index in [4.69, 9.17) is 9.47 Å². The summed E-state index contributed by atoms with van der Waals surface area (Å²) in [5, 5.41) is 0. The highest BCUT2D eigenvalue weighted by Gasteiger charge is 2.12. The SMILES string of the molecule is CCCCOC(=O)c1cccc(C(=O)OCCC(C)C)c1. The first-order valence-electron chi connectivity index (χ1n) is 7.49. The highest BCUT2D eigenvalue weighted by Crippen LogP contribution is 2.10. The van der Waals surface area contributed by atoms with Gasteiger partial charge in [-0.2, -0.15) is 0 Å². The van der Waals surface area contributed by atoms with Crippen molar-refractivity contribution in [2.45, 2.75) is 40.0 Å². The fourth-order valence-electron chi connectivity index (χ4n) is 1.64. The van der Waals surface area contributed by atoms with E-state index in [0.29, 0.717) is 30.3 Å². The van der Waals surface area contributed by atoms with Crippen molar-refractivity contribution in [3.8, 4) is 0 Å². The number of unbranched alkanes of at least 4 members (excludes halogenated alkanes) is 1. The lowest BCUT2D eigenvalue weighted by atomic mass is 10.1. The van der Waals surface area contributed by atoms with Crippen LogP contribution >= 0.6 is 0 Å². The Hall–Kier alpha value is -1.84. The Morgan fingerprint density at radius 3 is 2.14 bits per heavy atom. The second-order valence-electron chi connectivity index (χ2n) is 5.39. The maximum atomic E-state index is 11.9. The van der Waals surface area contributed by atoms with E-state index in [2.05, 4.69) is 13.8 Å². The molecule has 1 rings (SSSR count). The minimum atomic E-state index is -0.404. The van der Waals surface area contributed by atoms with E-state index in [1.807, 2.05) is 6.92 Å². The maximum Gasteiger partial charge on any atom is 0.338 e. The molecule has 0 saturated heterocycles. The molecular formula is C17H24O4. The molecule has 0 aliphatic carbocycles. The van der Waals surface area contributed by atoms with Crippen LogP contribution in [0, 0.1) is 5.92 Å². The topological polar surface area (TPSA) is 52.6 Å². The van der Waals surface area contributed by atoms with Crippen LogP contribution in [0.15, 0.2) is 24.3 Å². The molecule has 0 amide bonds. The molecule has 0 aliphatic heterocycles. The molecule has 0 unspecified atom stereocenters. The summed E-state index contributed by atoms with van der Waals surface area (Å²) in [5.41, 5.74) is 0.758. The van der Waals surface area contributed by atoms with Crippen LogP contribution in [0.25, 0.3) is 0 Å². The Bertz CT molecular complexity index is 466. The van der Waals surface area contributed by atoms with E-state index < -0.39 is 11.9 Å². The molecular weight excluding hydrogens is 268 g/mol. The van der Waals surface area contributed by atoms with Crippen molar-refractivity contribution in [3.63, 3.8) is 0 Å². The Labute approximate surface area is 126 Å². The zero-order valence-electron chi connectivity index (χ0n) is 13.1. The Balaban J connectivity index is 2.58. The summed E-state index contributed by atoms with van der Waals surface area (Å²) in [6, 6.07) is 6.46. The predicted octanol–water partition coefficient (Wildman–Crippen LogP) is 3.85. The van der Waals surface area contributed by atoms with Gasteiger partial charge in [0, 0.05) is 0 Å². The van der Waals surface area contributed by atoms with Gasteiger partial charge in [0.25, 0.3) is 0 Å². The fraction of sp³-hybridized carbons (Fsp3) is 0.529. The lowest BCUT2D eigenvalue weighted by Crippen LogP contribution is -2.11. The fourth-order valence-corrected chi connectivity index (χ4v) is 1.64. The average Bonchev–Trinajstić information content (AvgIpc) is 2.47. The summed E-state index contributed by atoms with van der Waals surface area (Å²) in [7, 11) is 0. The van der Waals surface area contributed by atoms with Crippen molar-refractivity contribution < 1.29 is 19.1 Å². The second kappa shape index (κ2) is 9.16. The van der Waals surface area contributed by atoms with Gasteiger partial charge in [-0.3, -0.25) is 0 Å². The van der Waals surface area contributed by atoms with Gasteiger partial charge in [-0.1, -0.05) is 33.3 Å². The summed E-state index contributed by atoms with van der Waals surface area (Å²) in [5.74, 6) is -0.322. The number of carbonyl (C=O) groups excluding carboxylic acids is 2. The lowest BCUT2D eigenvalue weighted by Gasteiger charge is -2.08. The molecule has 0 heterocycles. The van der Waals surface area contributed by atoms with Crippen molar-refractivity contribution >= 4 is 11.9 Å². The van der Waals surface area contributed by atoms with E-state index >= 15 is 0 Å². The molecule has 0 saturated carbocycles. The Kier molecular flexibility index (Phi) is 7.51. The molecule has 0 aliphatic rings. The summed E-state index contributed by atoms with van der Waals surface area (Å²) in [6.07, 6.45) is 2.63. The van der Waals surface area contributed by atoms with Crippen LogP contribution in [0.3, 0.4) is 0 Å². The van der Waals surface area contributed by atoms with Gasteiger partial charge in [0.15, 0.2) is 0 Å². The van der Waals surface area contributed by atoms with Crippen LogP contribution in [0.5, 0.6) is 0 Å². The van der Waals surface area contributed by atoms with E-state index in [1.54, 1.807) is 18.2 Å². The van der Waals surface area contributed by atoms with Crippen molar-refractivity contribution in [2.24, 2.45) is 5.92 Å². The van der Waals surface area contributed by atoms with E-state index in [-0.39, 0.29) is 0 Å². The molecule has 0 bridgehead atoms. The molecule has 0 spiro atoms. The molecule has 0 aromatic heterocycles. The number of hydrogen-bond donors (Lipinski definition) is 0. The molecule has 0 radical (unpaired) electrons. The number of carbonyl (C=O) groups is 2. The minimum absolute atomic E-state index is 0.378. The molecule has 1 aromatic carbocycles. The molecule has 21 heavy (non-hydrogen) atoms. The number of ether oxygens (including phenoxy) is 2. The van der Waals surface area contributed by atoms with E-state index in [9.17, 15) is 9.59 Å². The van der Waals surface area contributed by atoms with Gasteiger partial charge in [-0.05, 0) is 37.0 Å². The highest BCUT2D eigenvalue weighted by atomic mass is 16.5. The monoisotopic (exact) mass is 292 g/mol. The quantitative estimate of drug-likeness (QED) is 0.539. The third-order valence-electron chi connectivity index (χ3n) is 2.99. The molecule has 4 nitrogen and oxygen atoms in total. The van der Waals surface area contributed by atoms with Crippen molar-refractivity contribution in [1.82, 2.24) is 0 Å². The lowest BCUT2D eigenvalue weighted by molar-refractivity contribution is 0.0488. The third kappa shape index (κ3) is 6.43. The van der Waals surface area contributed by atoms with E-state index in [0.717, 1.165) is 19.3 Å². The molecule has 0 fully saturated rings. The van der Waals surface area contributed by atoms with Crippen LogP contribution < -0.4 is 0 Å². The standard InChI is InChI=1S/C17H24O4/c1-4-5-10-20-16(18)14-7-6-8-15(12-14)17(19)21-11-9-13(2)3/h6-8,12-13H,4-5,9-11H2,1-3H3.